The maximum Gasteiger partial charge on any atom is 0.265 e. The van der Waals surface area contributed by atoms with Gasteiger partial charge in [0.05, 0.1) is 5.69 Å². The van der Waals surface area contributed by atoms with Crippen molar-refractivity contribution in [2.75, 3.05) is 5.32 Å². The van der Waals surface area contributed by atoms with Crippen molar-refractivity contribution in [3.05, 3.63) is 83.9 Å². The number of anilines is 1. The van der Waals surface area contributed by atoms with Gasteiger partial charge in [-0.2, -0.15) is 0 Å². The Labute approximate surface area is 166 Å². The molecule has 3 aromatic carbocycles. The lowest BCUT2D eigenvalue weighted by molar-refractivity contribution is -0.122. The first kappa shape index (κ1) is 19.5. The standard InChI is InChI=1S/C24H25NO3/c1-4-21(28-22-15-14-17(2)16-18(22)3)24(26)25-20-12-8-9-13-23(20)27-19-10-6-5-7-11-19/h5-16,21H,4H2,1-3H3,(H,25,26). The third-order valence-electron chi connectivity index (χ3n) is 4.38. The summed E-state index contributed by atoms with van der Waals surface area (Å²) in [5.41, 5.74) is 2.78. The lowest BCUT2D eigenvalue weighted by Gasteiger charge is -2.20. The number of benzene rings is 3. The zero-order chi connectivity index (χ0) is 19.9. The van der Waals surface area contributed by atoms with Gasteiger partial charge in [0.1, 0.15) is 11.5 Å². The van der Waals surface area contributed by atoms with E-state index in [2.05, 4.69) is 5.32 Å². The first-order chi connectivity index (χ1) is 13.6. The van der Waals surface area contributed by atoms with E-state index in [1.165, 1.54) is 0 Å². The van der Waals surface area contributed by atoms with Crippen LogP contribution < -0.4 is 14.8 Å². The summed E-state index contributed by atoms with van der Waals surface area (Å²) in [4.78, 5) is 12.8. The minimum Gasteiger partial charge on any atom is -0.480 e. The Morgan fingerprint density at radius 1 is 0.929 bits per heavy atom. The van der Waals surface area contributed by atoms with Crippen LogP contribution in [-0.4, -0.2) is 12.0 Å². The minimum atomic E-state index is -0.591. The Balaban J connectivity index is 1.74. The first-order valence-corrected chi connectivity index (χ1v) is 9.43. The predicted molar refractivity (Wildman–Crippen MR) is 112 cm³/mol. The molecule has 28 heavy (non-hydrogen) atoms. The fraction of sp³-hybridized carbons (Fsp3) is 0.208. The Morgan fingerprint density at radius 3 is 2.36 bits per heavy atom. The molecule has 1 N–H and O–H groups in total. The van der Waals surface area contributed by atoms with Crippen molar-refractivity contribution >= 4 is 11.6 Å². The fourth-order valence-electron chi connectivity index (χ4n) is 2.89. The number of ether oxygens (including phenoxy) is 2. The SMILES string of the molecule is CCC(Oc1ccc(C)cc1C)C(=O)Nc1ccccc1Oc1ccccc1. The van der Waals surface area contributed by atoms with Crippen molar-refractivity contribution in [3.8, 4) is 17.2 Å². The Bertz CT molecular complexity index is 938. The Morgan fingerprint density at radius 2 is 1.64 bits per heavy atom. The van der Waals surface area contributed by atoms with Gasteiger partial charge < -0.3 is 14.8 Å². The van der Waals surface area contributed by atoms with Gasteiger partial charge in [-0.1, -0.05) is 55.0 Å². The van der Waals surface area contributed by atoms with Crippen LogP contribution in [0, 0.1) is 13.8 Å². The molecule has 0 heterocycles. The first-order valence-electron chi connectivity index (χ1n) is 9.43. The van der Waals surface area contributed by atoms with Crippen LogP contribution in [0.25, 0.3) is 0 Å². The Hall–Kier alpha value is -3.27. The predicted octanol–water partition coefficient (Wildman–Crippen LogP) is 5.89. The van der Waals surface area contributed by atoms with Crippen molar-refractivity contribution in [3.63, 3.8) is 0 Å². The van der Waals surface area contributed by atoms with Crippen LogP contribution in [0.2, 0.25) is 0 Å². The van der Waals surface area contributed by atoms with E-state index in [9.17, 15) is 4.79 Å². The number of carbonyl (C=O) groups excluding carboxylic acids is 1. The second-order valence-electron chi connectivity index (χ2n) is 6.68. The third kappa shape index (κ3) is 4.92. The van der Waals surface area contributed by atoms with Gasteiger partial charge in [-0.25, -0.2) is 0 Å². The summed E-state index contributed by atoms with van der Waals surface area (Å²) in [7, 11) is 0. The van der Waals surface area contributed by atoms with E-state index in [1.54, 1.807) is 0 Å². The number of carbonyl (C=O) groups is 1. The van der Waals surface area contributed by atoms with E-state index >= 15 is 0 Å². The molecule has 0 aromatic heterocycles. The van der Waals surface area contributed by atoms with Crippen molar-refractivity contribution in [2.45, 2.75) is 33.3 Å². The van der Waals surface area contributed by atoms with Crippen molar-refractivity contribution in [1.29, 1.82) is 0 Å². The molecule has 0 bridgehead atoms. The monoisotopic (exact) mass is 375 g/mol. The maximum atomic E-state index is 12.8. The summed E-state index contributed by atoms with van der Waals surface area (Å²) in [6.45, 7) is 5.95. The molecule has 3 rings (SSSR count). The van der Waals surface area contributed by atoms with E-state index in [4.69, 9.17) is 9.47 Å². The molecule has 0 fully saturated rings. The Kier molecular flexibility index (Phi) is 6.33. The zero-order valence-corrected chi connectivity index (χ0v) is 16.4. The fourth-order valence-corrected chi connectivity index (χ4v) is 2.89. The molecule has 0 saturated carbocycles. The lowest BCUT2D eigenvalue weighted by atomic mass is 10.1. The highest BCUT2D eigenvalue weighted by molar-refractivity contribution is 5.95. The number of para-hydroxylation sites is 3. The molecule has 4 nitrogen and oxygen atoms in total. The average molecular weight is 375 g/mol. The molecule has 0 aliphatic carbocycles. The lowest BCUT2D eigenvalue weighted by Crippen LogP contribution is -2.32. The van der Waals surface area contributed by atoms with Crippen molar-refractivity contribution in [1.82, 2.24) is 0 Å². The van der Waals surface area contributed by atoms with Crippen molar-refractivity contribution in [2.24, 2.45) is 0 Å². The molecule has 1 unspecified atom stereocenters. The zero-order valence-electron chi connectivity index (χ0n) is 16.4. The molecule has 4 heteroatoms. The van der Waals surface area contributed by atoms with Gasteiger partial charge in [0, 0.05) is 0 Å². The number of nitrogens with one attached hydrogen (secondary N) is 1. The molecule has 144 valence electrons. The van der Waals surface area contributed by atoms with Gasteiger partial charge in [0.15, 0.2) is 11.9 Å². The summed E-state index contributed by atoms with van der Waals surface area (Å²) in [5.74, 6) is 1.82. The van der Waals surface area contributed by atoms with Gasteiger partial charge >= 0.3 is 0 Å². The van der Waals surface area contributed by atoms with E-state index in [1.807, 2.05) is 93.6 Å². The van der Waals surface area contributed by atoms with Crippen LogP contribution in [0.1, 0.15) is 24.5 Å². The second kappa shape index (κ2) is 9.09. The number of aryl methyl sites for hydroxylation is 2. The van der Waals surface area contributed by atoms with Crippen LogP contribution >= 0.6 is 0 Å². The van der Waals surface area contributed by atoms with Gasteiger partial charge in [-0.15, -0.1) is 0 Å². The number of amides is 1. The van der Waals surface area contributed by atoms with Gasteiger partial charge in [-0.05, 0) is 56.2 Å². The molecule has 0 saturated heterocycles. The quantitative estimate of drug-likeness (QED) is 0.560. The topological polar surface area (TPSA) is 47.6 Å². The molecule has 3 aromatic rings. The highest BCUT2D eigenvalue weighted by Gasteiger charge is 2.20. The molecular formula is C24H25NO3. The number of rotatable bonds is 7. The van der Waals surface area contributed by atoms with E-state index in [0.29, 0.717) is 23.6 Å². The highest BCUT2D eigenvalue weighted by Crippen LogP contribution is 2.29. The normalized spacial score (nSPS) is 11.5. The highest BCUT2D eigenvalue weighted by atomic mass is 16.5. The molecular weight excluding hydrogens is 350 g/mol. The second-order valence-corrected chi connectivity index (χ2v) is 6.68. The summed E-state index contributed by atoms with van der Waals surface area (Å²) in [6, 6.07) is 22.8. The molecule has 1 atom stereocenters. The van der Waals surface area contributed by atoms with Gasteiger partial charge in [0.2, 0.25) is 0 Å². The van der Waals surface area contributed by atoms with Crippen LogP contribution in [0.3, 0.4) is 0 Å². The van der Waals surface area contributed by atoms with Crippen LogP contribution in [0.4, 0.5) is 5.69 Å². The van der Waals surface area contributed by atoms with E-state index < -0.39 is 6.10 Å². The van der Waals surface area contributed by atoms with Gasteiger partial charge in [0.25, 0.3) is 5.91 Å². The van der Waals surface area contributed by atoms with Crippen LogP contribution in [-0.2, 0) is 4.79 Å². The molecule has 0 radical (unpaired) electrons. The third-order valence-corrected chi connectivity index (χ3v) is 4.38. The number of hydrogen-bond acceptors (Lipinski definition) is 3. The maximum absolute atomic E-state index is 12.8. The summed E-state index contributed by atoms with van der Waals surface area (Å²) >= 11 is 0. The smallest absolute Gasteiger partial charge is 0.265 e. The van der Waals surface area contributed by atoms with E-state index in [0.717, 1.165) is 16.9 Å². The van der Waals surface area contributed by atoms with Crippen molar-refractivity contribution < 1.29 is 14.3 Å². The molecule has 1 amide bonds. The molecule has 0 spiro atoms. The summed E-state index contributed by atoms with van der Waals surface area (Å²) < 4.78 is 11.9. The minimum absolute atomic E-state index is 0.202. The number of hydrogen-bond donors (Lipinski definition) is 1. The van der Waals surface area contributed by atoms with Crippen LogP contribution in [0.5, 0.6) is 17.2 Å². The van der Waals surface area contributed by atoms with E-state index in [-0.39, 0.29) is 5.91 Å². The van der Waals surface area contributed by atoms with Gasteiger partial charge in [-0.3, -0.25) is 4.79 Å². The summed E-state index contributed by atoms with van der Waals surface area (Å²) in [5, 5.41) is 2.94. The summed E-state index contributed by atoms with van der Waals surface area (Å²) in [6.07, 6.45) is -0.0351. The molecule has 0 aliphatic heterocycles. The largest absolute Gasteiger partial charge is 0.480 e. The average Bonchev–Trinajstić information content (AvgIpc) is 2.69. The van der Waals surface area contributed by atoms with Crippen LogP contribution in [0.15, 0.2) is 72.8 Å². The molecule has 0 aliphatic rings.